The number of nitrogens with one attached hydrogen (secondary N) is 1. The van der Waals surface area contributed by atoms with Gasteiger partial charge in [0.05, 0.1) is 11.4 Å². The molecule has 7 heteroatoms. The molecule has 2 rings (SSSR count). The predicted octanol–water partition coefficient (Wildman–Crippen LogP) is 2.32. The van der Waals surface area contributed by atoms with Gasteiger partial charge in [-0.2, -0.15) is 5.10 Å². The number of nitrogens with zero attached hydrogens (tertiary/aromatic N) is 2. The van der Waals surface area contributed by atoms with Gasteiger partial charge in [0.2, 0.25) is 5.91 Å². The number of allylic oxidation sites excluding steroid dienone is 2. The molecule has 0 saturated heterocycles. The van der Waals surface area contributed by atoms with Crippen molar-refractivity contribution in [2.24, 2.45) is 11.8 Å². The molecule has 0 saturated carbocycles. The third-order valence-electron chi connectivity index (χ3n) is 3.93. The summed E-state index contributed by atoms with van der Waals surface area (Å²) in [4.78, 5) is 12.2. The average molecular weight is 339 g/mol. The van der Waals surface area contributed by atoms with Crippen LogP contribution in [0.2, 0.25) is 0 Å². The van der Waals surface area contributed by atoms with Crippen LogP contribution in [0.5, 0.6) is 0 Å². The van der Waals surface area contributed by atoms with Crippen LogP contribution in [0.1, 0.15) is 44.5 Å². The highest BCUT2D eigenvalue weighted by atomic mass is 32.2. The molecule has 1 aromatic rings. The Bertz CT molecular complexity index is 717. The van der Waals surface area contributed by atoms with Crippen molar-refractivity contribution in [1.82, 2.24) is 14.5 Å². The van der Waals surface area contributed by atoms with E-state index >= 15 is 0 Å². The van der Waals surface area contributed by atoms with Crippen LogP contribution >= 0.6 is 0 Å². The van der Waals surface area contributed by atoms with E-state index < -0.39 is 15.9 Å². The van der Waals surface area contributed by atoms with Crippen LogP contribution in [-0.4, -0.2) is 24.1 Å². The Morgan fingerprint density at radius 1 is 1.43 bits per heavy atom. The van der Waals surface area contributed by atoms with Gasteiger partial charge in [-0.1, -0.05) is 26.0 Å². The summed E-state index contributed by atoms with van der Waals surface area (Å²) in [6.07, 6.45) is 6.05. The fraction of sp³-hybridized carbons (Fsp3) is 0.625. The van der Waals surface area contributed by atoms with Gasteiger partial charge in [0.15, 0.2) is 0 Å². The second kappa shape index (κ2) is 6.86. The van der Waals surface area contributed by atoms with E-state index in [4.69, 9.17) is 0 Å². The molecule has 1 N–H and O–H groups in total. The van der Waals surface area contributed by atoms with Gasteiger partial charge in [0.25, 0.3) is 10.0 Å². The van der Waals surface area contributed by atoms with E-state index in [-0.39, 0.29) is 17.2 Å². The summed E-state index contributed by atoms with van der Waals surface area (Å²) < 4.78 is 29.0. The first-order valence-electron chi connectivity index (χ1n) is 7.97. The molecule has 128 valence electrons. The third-order valence-corrected chi connectivity index (χ3v) is 5.55. The standard InChI is InChI=1S/C16H25N3O3S/c1-11(2)10-19-13(4)16(12(3)17-19)23(21,22)18-15(20)9-14-7-5-6-8-14/h5,7,11,14H,6,8-10H2,1-4H3,(H,18,20)/t14-/m0/s1. The van der Waals surface area contributed by atoms with Crippen molar-refractivity contribution < 1.29 is 13.2 Å². The van der Waals surface area contributed by atoms with Crippen molar-refractivity contribution in [2.75, 3.05) is 0 Å². The summed E-state index contributed by atoms with van der Waals surface area (Å²) in [7, 11) is -3.88. The molecule has 1 atom stereocenters. The van der Waals surface area contributed by atoms with E-state index in [1.165, 1.54) is 0 Å². The lowest BCUT2D eigenvalue weighted by atomic mass is 10.1. The second-order valence-corrected chi connectivity index (χ2v) is 8.19. The zero-order valence-corrected chi connectivity index (χ0v) is 15.0. The first-order valence-corrected chi connectivity index (χ1v) is 9.45. The van der Waals surface area contributed by atoms with E-state index in [0.29, 0.717) is 23.9 Å². The molecule has 1 aliphatic rings. The summed E-state index contributed by atoms with van der Waals surface area (Å²) in [5, 5.41) is 4.30. The molecule has 1 aromatic heterocycles. The van der Waals surface area contributed by atoms with Crippen molar-refractivity contribution in [3.8, 4) is 0 Å². The Morgan fingerprint density at radius 2 is 2.13 bits per heavy atom. The summed E-state index contributed by atoms with van der Waals surface area (Å²) >= 11 is 0. The normalized spacial score (nSPS) is 17.9. The third kappa shape index (κ3) is 4.22. The van der Waals surface area contributed by atoms with E-state index in [1.54, 1.807) is 18.5 Å². The van der Waals surface area contributed by atoms with Gasteiger partial charge in [-0.05, 0) is 38.5 Å². The number of carbonyl (C=O) groups excluding carboxylic acids is 1. The highest BCUT2D eigenvalue weighted by molar-refractivity contribution is 7.90. The number of hydrogen-bond acceptors (Lipinski definition) is 4. The molecule has 23 heavy (non-hydrogen) atoms. The van der Waals surface area contributed by atoms with Crippen LogP contribution in [0.25, 0.3) is 0 Å². The van der Waals surface area contributed by atoms with Gasteiger partial charge < -0.3 is 0 Å². The van der Waals surface area contributed by atoms with Crippen molar-refractivity contribution in [2.45, 2.75) is 58.4 Å². The van der Waals surface area contributed by atoms with Gasteiger partial charge in [0.1, 0.15) is 4.90 Å². The van der Waals surface area contributed by atoms with Gasteiger partial charge in [-0.15, -0.1) is 0 Å². The Morgan fingerprint density at radius 3 is 2.70 bits per heavy atom. The van der Waals surface area contributed by atoms with Crippen LogP contribution in [0.15, 0.2) is 17.0 Å². The lowest BCUT2D eigenvalue weighted by molar-refractivity contribution is -0.119. The lowest BCUT2D eigenvalue weighted by Crippen LogP contribution is -2.32. The first-order chi connectivity index (χ1) is 10.7. The molecular weight excluding hydrogens is 314 g/mol. The predicted molar refractivity (Wildman–Crippen MR) is 88.3 cm³/mol. The summed E-state index contributed by atoms with van der Waals surface area (Å²) in [5.41, 5.74) is 0.987. The topological polar surface area (TPSA) is 81.1 Å². The van der Waals surface area contributed by atoms with Gasteiger partial charge >= 0.3 is 0 Å². The number of amides is 1. The van der Waals surface area contributed by atoms with Crippen molar-refractivity contribution in [3.05, 3.63) is 23.5 Å². The molecule has 0 bridgehead atoms. The molecule has 0 aliphatic heterocycles. The van der Waals surface area contributed by atoms with E-state index in [9.17, 15) is 13.2 Å². The number of carbonyl (C=O) groups is 1. The molecule has 0 spiro atoms. The number of rotatable bonds is 6. The Kier molecular flexibility index (Phi) is 5.29. The highest BCUT2D eigenvalue weighted by Crippen LogP contribution is 2.22. The highest BCUT2D eigenvalue weighted by Gasteiger charge is 2.27. The van der Waals surface area contributed by atoms with Crippen molar-refractivity contribution >= 4 is 15.9 Å². The van der Waals surface area contributed by atoms with Crippen molar-refractivity contribution in [3.63, 3.8) is 0 Å². The van der Waals surface area contributed by atoms with E-state index in [0.717, 1.165) is 12.8 Å². The lowest BCUT2D eigenvalue weighted by Gasteiger charge is -2.11. The minimum absolute atomic E-state index is 0.119. The summed E-state index contributed by atoms with van der Waals surface area (Å²) in [6.45, 7) is 8.11. The Balaban J connectivity index is 2.17. The smallest absolute Gasteiger partial charge is 0.267 e. The van der Waals surface area contributed by atoms with Crippen LogP contribution in [0, 0.1) is 25.7 Å². The minimum atomic E-state index is -3.88. The molecule has 6 nitrogen and oxygen atoms in total. The Labute approximate surface area is 138 Å². The monoisotopic (exact) mass is 339 g/mol. The fourth-order valence-corrected chi connectivity index (χ4v) is 4.35. The second-order valence-electron chi connectivity index (χ2n) is 6.57. The van der Waals surface area contributed by atoms with E-state index in [2.05, 4.69) is 9.82 Å². The fourth-order valence-electron chi connectivity index (χ4n) is 2.94. The van der Waals surface area contributed by atoms with Crippen LogP contribution in [-0.2, 0) is 21.4 Å². The zero-order chi connectivity index (χ0) is 17.2. The molecule has 1 heterocycles. The molecule has 0 unspecified atom stereocenters. The minimum Gasteiger partial charge on any atom is -0.274 e. The maximum atomic E-state index is 12.6. The van der Waals surface area contributed by atoms with Gasteiger partial charge in [-0.3, -0.25) is 9.48 Å². The Hall–Kier alpha value is -1.63. The summed E-state index contributed by atoms with van der Waals surface area (Å²) in [6, 6.07) is 0. The largest absolute Gasteiger partial charge is 0.274 e. The molecule has 1 aliphatic carbocycles. The van der Waals surface area contributed by atoms with Crippen LogP contribution in [0.4, 0.5) is 0 Å². The van der Waals surface area contributed by atoms with Crippen LogP contribution < -0.4 is 4.72 Å². The maximum absolute atomic E-state index is 12.6. The molecular formula is C16H25N3O3S. The van der Waals surface area contributed by atoms with E-state index in [1.807, 2.05) is 26.0 Å². The molecule has 0 radical (unpaired) electrons. The van der Waals surface area contributed by atoms with Crippen LogP contribution in [0.3, 0.4) is 0 Å². The number of aromatic nitrogens is 2. The molecule has 0 fully saturated rings. The molecule has 0 aromatic carbocycles. The SMILES string of the molecule is Cc1nn(CC(C)C)c(C)c1S(=O)(=O)NC(=O)C[C@H]1C=CCC1. The van der Waals surface area contributed by atoms with Crippen molar-refractivity contribution in [1.29, 1.82) is 0 Å². The maximum Gasteiger partial charge on any atom is 0.267 e. The number of hydrogen-bond donors (Lipinski definition) is 1. The van der Waals surface area contributed by atoms with Gasteiger partial charge in [-0.25, -0.2) is 13.1 Å². The van der Waals surface area contributed by atoms with Gasteiger partial charge in [0, 0.05) is 13.0 Å². The quantitative estimate of drug-likeness (QED) is 0.807. The zero-order valence-electron chi connectivity index (χ0n) is 14.2. The number of aryl methyl sites for hydroxylation is 1. The first kappa shape index (κ1) is 17.7. The average Bonchev–Trinajstić information content (AvgIpc) is 2.97. The molecule has 1 amide bonds. The summed E-state index contributed by atoms with van der Waals surface area (Å²) in [5.74, 6) is 0.0281. The number of sulfonamides is 1.